The molecule has 2 aromatic heterocycles. The van der Waals surface area contributed by atoms with Crippen molar-refractivity contribution in [3.8, 4) is 11.5 Å². The van der Waals surface area contributed by atoms with Crippen molar-refractivity contribution in [2.24, 2.45) is 0 Å². The van der Waals surface area contributed by atoms with Crippen molar-refractivity contribution in [3.63, 3.8) is 0 Å². The Labute approximate surface area is 644 Å². The van der Waals surface area contributed by atoms with E-state index in [0.29, 0.717) is 26.3 Å². The lowest BCUT2D eigenvalue weighted by Crippen LogP contribution is -2.31. The topological polar surface area (TPSA) is 68.3 Å². The molecule has 0 fully saturated rings. The fourth-order valence-electron chi connectivity index (χ4n) is 15.1. The maximum Gasteiger partial charge on any atom is 0.130 e. The molecule has 0 unspecified atom stereocenters. The largest absolute Gasteiger partial charge is 0.487 e. The maximum absolute atomic E-state index is 6.41. The van der Waals surface area contributed by atoms with Gasteiger partial charge >= 0.3 is 0 Å². The molecule has 0 atom stereocenters. The highest BCUT2D eigenvalue weighted by atomic mass is 16.5. The highest BCUT2D eigenvalue weighted by Crippen LogP contribution is 2.49. The van der Waals surface area contributed by atoms with Gasteiger partial charge in [-0.05, 0) is 182 Å². The van der Waals surface area contributed by atoms with Gasteiger partial charge in [0, 0.05) is 35.2 Å². The summed E-state index contributed by atoms with van der Waals surface area (Å²) in [5.74, 6) is 1.56. The number of nitrogens with one attached hydrogen (secondary N) is 2. The zero-order valence-corrected chi connectivity index (χ0v) is 67.1. The van der Waals surface area contributed by atoms with Gasteiger partial charge in [0.25, 0.3) is 0 Å². The average molecular weight is 1420 g/mol. The molecule has 550 valence electrons. The number of hydrogen-bond acceptors (Lipinski definition) is 6. The SMILES string of the molecule is CC(C)(C)c1ccc(C(c2ccc(NCc3ccc(OCc4ccc5ccc6ccc(COc7ccc(CNc8ccc(C(c9ccc(C(C)(C)C)cc9)(c9ccc(C(C)(C)C)cc9)c9ccc(C(C)(C)C)cc9)cc8)cc7)nc6c5n4)cc3)cc2)(c2ccc(C(C)(C)C)cc2)c2ccc(C(C)(C)C)cc2)cc1. The van der Waals surface area contributed by atoms with Crippen LogP contribution in [0.2, 0.25) is 0 Å². The van der Waals surface area contributed by atoms with Crippen molar-refractivity contribution in [2.45, 2.75) is 194 Å². The van der Waals surface area contributed by atoms with E-state index in [9.17, 15) is 0 Å². The summed E-state index contributed by atoms with van der Waals surface area (Å²) in [4.78, 5) is 10.3. The van der Waals surface area contributed by atoms with E-state index in [4.69, 9.17) is 19.4 Å². The summed E-state index contributed by atoms with van der Waals surface area (Å²) in [5.41, 5.74) is 24.4. The Hall–Kier alpha value is -10.6. The summed E-state index contributed by atoms with van der Waals surface area (Å²) in [6.45, 7) is 43.1. The van der Waals surface area contributed by atoms with Crippen LogP contribution in [0.3, 0.4) is 0 Å². The number of anilines is 2. The van der Waals surface area contributed by atoms with E-state index < -0.39 is 10.8 Å². The van der Waals surface area contributed by atoms with Crippen LogP contribution in [0.5, 0.6) is 11.5 Å². The second-order valence-electron chi connectivity index (χ2n) is 36.0. The van der Waals surface area contributed by atoms with Crippen LogP contribution in [0, 0.1) is 0 Å². The maximum atomic E-state index is 6.41. The van der Waals surface area contributed by atoms with Crippen LogP contribution in [-0.2, 0) is 69.6 Å². The molecular weight excluding hydrogens is 1310 g/mol. The fraction of sp³-hybridized carbons (Fsp3) is 0.294. The van der Waals surface area contributed by atoms with Gasteiger partial charge in [0.05, 0.1) is 33.3 Å². The quantitative estimate of drug-likeness (QED) is 0.0585. The van der Waals surface area contributed by atoms with E-state index >= 15 is 0 Å². The molecule has 6 nitrogen and oxygen atoms in total. The smallest absolute Gasteiger partial charge is 0.130 e. The molecule has 6 heteroatoms. The molecule has 0 aliphatic rings. The molecule has 0 bridgehead atoms. The van der Waals surface area contributed by atoms with Crippen molar-refractivity contribution >= 4 is 33.2 Å². The Balaban J connectivity index is 0.658. The summed E-state index contributed by atoms with van der Waals surface area (Å²) in [6, 6.07) is 104. The minimum absolute atomic E-state index is 0.0261. The summed E-state index contributed by atoms with van der Waals surface area (Å²) >= 11 is 0. The molecule has 0 saturated heterocycles. The average Bonchev–Trinajstić information content (AvgIpc) is 0.734. The molecule has 13 aromatic rings. The number of aromatic nitrogens is 2. The van der Waals surface area contributed by atoms with Gasteiger partial charge in [-0.3, -0.25) is 0 Å². The molecule has 108 heavy (non-hydrogen) atoms. The van der Waals surface area contributed by atoms with Gasteiger partial charge in [-0.15, -0.1) is 0 Å². The van der Waals surface area contributed by atoms with Gasteiger partial charge in [-0.2, -0.15) is 0 Å². The predicted molar refractivity (Wildman–Crippen MR) is 455 cm³/mol. The highest BCUT2D eigenvalue weighted by molar-refractivity contribution is 6.02. The minimum atomic E-state index is -0.584. The lowest BCUT2D eigenvalue weighted by Gasteiger charge is -2.38. The number of ether oxygens (including phenoxy) is 2. The Morgan fingerprint density at radius 1 is 0.222 bits per heavy atom. The van der Waals surface area contributed by atoms with Gasteiger partial charge in [0.15, 0.2) is 0 Å². The number of benzene rings is 11. The third kappa shape index (κ3) is 16.3. The fourth-order valence-corrected chi connectivity index (χ4v) is 15.1. The minimum Gasteiger partial charge on any atom is -0.487 e. The summed E-state index contributed by atoms with van der Waals surface area (Å²) in [7, 11) is 0. The van der Waals surface area contributed by atoms with Crippen LogP contribution < -0.4 is 20.1 Å². The van der Waals surface area contributed by atoms with E-state index in [-0.39, 0.29) is 32.5 Å². The molecule has 13 rings (SSSR count). The molecule has 2 N–H and O–H groups in total. The van der Waals surface area contributed by atoms with Gasteiger partial charge in [-0.25, -0.2) is 9.97 Å². The molecule has 2 heterocycles. The highest BCUT2D eigenvalue weighted by Gasteiger charge is 2.41. The number of fused-ring (bicyclic) bond motifs is 3. The first-order valence-corrected chi connectivity index (χ1v) is 38.7. The van der Waals surface area contributed by atoms with Gasteiger partial charge in [-0.1, -0.05) is 343 Å². The molecule has 0 spiro atoms. The summed E-state index contributed by atoms with van der Waals surface area (Å²) in [6.07, 6.45) is 0. The predicted octanol–water partition coefficient (Wildman–Crippen LogP) is 25.7. The summed E-state index contributed by atoms with van der Waals surface area (Å²) in [5, 5.41) is 9.49. The van der Waals surface area contributed by atoms with Crippen LogP contribution in [0.15, 0.2) is 279 Å². The van der Waals surface area contributed by atoms with Crippen molar-refractivity contribution in [1.29, 1.82) is 0 Å². The lowest BCUT2D eigenvalue weighted by atomic mass is 9.64. The third-order valence-corrected chi connectivity index (χ3v) is 22.0. The van der Waals surface area contributed by atoms with Crippen molar-refractivity contribution < 1.29 is 9.47 Å². The van der Waals surface area contributed by atoms with Crippen LogP contribution >= 0.6 is 0 Å². The second-order valence-corrected chi connectivity index (χ2v) is 36.0. The number of pyridine rings is 2. The normalized spacial score (nSPS) is 12.7. The molecule has 0 saturated carbocycles. The first-order chi connectivity index (χ1) is 51.2. The Kier molecular flexibility index (Phi) is 20.9. The standard InChI is InChI=1S/C102H110N4O2/c1-95(2,3)73-27-39-79(40-28-73)101(80-41-29-74(30-42-80)96(4,5)6,81-43-31-75(32-44-81)97(7,8)9)85-51-57-87(58-52-85)103-65-69-19-61-91(62-20-69)107-67-89-55-25-71-23-24-72-26-56-90(106-94(72)93(71)105-89)68-108-92-63-21-70(22-64-92)66-104-88-59-53-86(54-60-88)102(82-45-33-76(34-46-82)98(10,11)12,83-47-35-77(36-48-83)99(13,14)15)84-49-37-78(38-50-84)100(16,17)18/h19-64,103-104H,65-68H2,1-18H3. The second kappa shape index (κ2) is 29.9. The number of nitrogens with zero attached hydrogens (tertiary/aromatic N) is 2. The zero-order valence-electron chi connectivity index (χ0n) is 67.1. The van der Waals surface area contributed by atoms with E-state index in [1.54, 1.807) is 0 Å². The molecule has 11 aromatic carbocycles. The van der Waals surface area contributed by atoms with Crippen molar-refractivity contribution in [1.82, 2.24) is 9.97 Å². The Bertz CT molecular complexity index is 4600. The molecule has 0 aliphatic heterocycles. The van der Waals surface area contributed by atoms with E-state index in [1.165, 1.54) is 77.9 Å². The Morgan fingerprint density at radius 2 is 0.417 bits per heavy atom. The first-order valence-electron chi connectivity index (χ1n) is 38.7. The van der Waals surface area contributed by atoms with Gasteiger partial charge in [0.2, 0.25) is 0 Å². The van der Waals surface area contributed by atoms with Crippen LogP contribution in [-0.4, -0.2) is 9.97 Å². The summed E-state index contributed by atoms with van der Waals surface area (Å²) < 4.78 is 12.8. The lowest BCUT2D eigenvalue weighted by molar-refractivity contribution is 0.301. The molecule has 0 aliphatic carbocycles. The monoisotopic (exact) mass is 1420 g/mol. The van der Waals surface area contributed by atoms with Crippen LogP contribution in [0.25, 0.3) is 21.8 Å². The van der Waals surface area contributed by atoms with Crippen LogP contribution in [0.1, 0.15) is 225 Å². The van der Waals surface area contributed by atoms with Gasteiger partial charge in [0.1, 0.15) is 24.7 Å². The van der Waals surface area contributed by atoms with E-state index in [2.05, 4.69) is 378 Å². The third-order valence-electron chi connectivity index (χ3n) is 22.0. The molecular formula is C102H110N4O2. The molecule has 0 amide bonds. The number of hydrogen-bond donors (Lipinski definition) is 2. The van der Waals surface area contributed by atoms with E-state index in [1.807, 2.05) is 36.4 Å². The zero-order chi connectivity index (χ0) is 76.6. The van der Waals surface area contributed by atoms with E-state index in [0.717, 1.165) is 67.2 Å². The number of rotatable bonds is 20. The first kappa shape index (κ1) is 75.7. The van der Waals surface area contributed by atoms with Crippen molar-refractivity contribution in [3.05, 3.63) is 379 Å². The van der Waals surface area contributed by atoms with Gasteiger partial charge < -0.3 is 20.1 Å². The van der Waals surface area contributed by atoms with Crippen molar-refractivity contribution in [2.75, 3.05) is 10.6 Å². The Morgan fingerprint density at radius 3 is 0.630 bits per heavy atom. The van der Waals surface area contributed by atoms with Crippen LogP contribution in [0.4, 0.5) is 11.4 Å². The molecule has 0 radical (unpaired) electrons.